The Hall–Kier alpha value is -1.08. The molecule has 0 radical (unpaired) electrons. The Kier molecular flexibility index (Phi) is 4.01. The number of rotatable bonds is 4. The van der Waals surface area contributed by atoms with Crippen LogP contribution >= 0.6 is 23.3 Å². The van der Waals surface area contributed by atoms with E-state index in [0.717, 1.165) is 23.0 Å². The maximum atomic E-state index is 12.9. The van der Waals surface area contributed by atoms with Gasteiger partial charge < -0.3 is 0 Å². The highest BCUT2D eigenvalue weighted by Crippen LogP contribution is 2.23. The largest absolute Gasteiger partial charge is 0.271 e. The molecule has 0 spiro atoms. The van der Waals surface area contributed by atoms with Crippen molar-refractivity contribution in [2.45, 2.75) is 12.5 Å². The lowest BCUT2D eigenvalue weighted by atomic mass is 10.0. The SMILES string of the molecule is NNC(Cc1ccc(F)cc1Cl)c1cnsn1. The van der Waals surface area contributed by atoms with Crippen molar-refractivity contribution in [3.05, 3.63) is 46.5 Å². The van der Waals surface area contributed by atoms with Gasteiger partial charge in [-0.1, -0.05) is 17.7 Å². The first-order valence-electron chi connectivity index (χ1n) is 4.88. The van der Waals surface area contributed by atoms with Crippen molar-refractivity contribution in [2.75, 3.05) is 0 Å². The molecule has 4 nitrogen and oxygen atoms in total. The summed E-state index contributed by atoms with van der Waals surface area (Å²) in [6.07, 6.45) is 2.17. The van der Waals surface area contributed by atoms with Crippen LogP contribution in [0.15, 0.2) is 24.4 Å². The van der Waals surface area contributed by atoms with E-state index in [1.54, 1.807) is 12.3 Å². The smallest absolute Gasteiger partial charge is 0.124 e. The second-order valence-electron chi connectivity index (χ2n) is 3.49. The quantitative estimate of drug-likeness (QED) is 0.661. The van der Waals surface area contributed by atoms with Crippen molar-refractivity contribution in [1.29, 1.82) is 0 Å². The second-order valence-corrected chi connectivity index (χ2v) is 4.46. The molecule has 90 valence electrons. The minimum Gasteiger partial charge on any atom is -0.271 e. The summed E-state index contributed by atoms with van der Waals surface area (Å²) < 4.78 is 20.9. The van der Waals surface area contributed by atoms with Crippen molar-refractivity contribution in [3.63, 3.8) is 0 Å². The predicted octanol–water partition coefficient (Wildman–Crippen LogP) is 2.08. The Balaban J connectivity index is 2.19. The molecule has 0 bridgehead atoms. The molecule has 17 heavy (non-hydrogen) atoms. The van der Waals surface area contributed by atoms with Crippen LogP contribution < -0.4 is 11.3 Å². The zero-order valence-corrected chi connectivity index (χ0v) is 10.3. The zero-order chi connectivity index (χ0) is 12.3. The van der Waals surface area contributed by atoms with Crippen molar-refractivity contribution in [2.24, 2.45) is 5.84 Å². The summed E-state index contributed by atoms with van der Waals surface area (Å²) in [5.41, 5.74) is 4.20. The van der Waals surface area contributed by atoms with Gasteiger partial charge >= 0.3 is 0 Å². The van der Waals surface area contributed by atoms with Gasteiger partial charge in [0, 0.05) is 5.02 Å². The highest BCUT2D eigenvalue weighted by Gasteiger charge is 2.15. The molecule has 1 heterocycles. The summed E-state index contributed by atoms with van der Waals surface area (Å²) in [6, 6.07) is 4.11. The number of hydrogen-bond acceptors (Lipinski definition) is 5. The molecule has 1 aromatic heterocycles. The van der Waals surface area contributed by atoms with Gasteiger partial charge in [0.15, 0.2) is 0 Å². The monoisotopic (exact) mass is 272 g/mol. The van der Waals surface area contributed by atoms with Gasteiger partial charge in [-0.25, -0.2) is 4.39 Å². The van der Waals surface area contributed by atoms with Crippen LogP contribution in [0, 0.1) is 5.82 Å². The van der Waals surface area contributed by atoms with E-state index in [9.17, 15) is 4.39 Å². The summed E-state index contributed by atoms with van der Waals surface area (Å²) in [5.74, 6) is 5.11. The summed E-state index contributed by atoms with van der Waals surface area (Å²) in [4.78, 5) is 0. The fourth-order valence-electron chi connectivity index (χ4n) is 1.48. The van der Waals surface area contributed by atoms with E-state index in [-0.39, 0.29) is 11.9 Å². The minimum atomic E-state index is -0.355. The average molecular weight is 273 g/mol. The predicted molar refractivity (Wildman–Crippen MR) is 65.1 cm³/mol. The van der Waals surface area contributed by atoms with Crippen LogP contribution in [-0.2, 0) is 6.42 Å². The summed E-state index contributed by atoms with van der Waals surface area (Å²) in [7, 11) is 0. The average Bonchev–Trinajstić information content (AvgIpc) is 2.81. The first kappa shape index (κ1) is 12.4. The van der Waals surface area contributed by atoms with E-state index in [4.69, 9.17) is 17.4 Å². The molecule has 1 unspecified atom stereocenters. The van der Waals surface area contributed by atoms with Gasteiger partial charge in [0.1, 0.15) is 5.82 Å². The second kappa shape index (κ2) is 5.50. The summed E-state index contributed by atoms with van der Waals surface area (Å²) >= 11 is 7.06. The maximum absolute atomic E-state index is 12.9. The standard InChI is InChI=1S/C10H10ClFN4S/c11-8-4-7(12)2-1-6(8)3-9(15-13)10-5-14-17-16-10/h1-2,4-5,9,15H,3,13H2. The van der Waals surface area contributed by atoms with Gasteiger partial charge in [-0.15, -0.1) is 0 Å². The van der Waals surface area contributed by atoms with E-state index in [1.165, 1.54) is 12.1 Å². The molecule has 0 saturated carbocycles. The fourth-order valence-corrected chi connectivity index (χ4v) is 2.20. The first-order chi connectivity index (χ1) is 8.20. The van der Waals surface area contributed by atoms with Crippen LogP contribution in [0.4, 0.5) is 4.39 Å². The van der Waals surface area contributed by atoms with Crippen LogP contribution in [0.3, 0.4) is 0 Å². The summed E-state index contributed by atoms with van der Waals surface area (Å²) in [5, 5.41) is 0.383. The molecule has 0 aliphatic heterocycles. The minimum absolute atomic E-state index is 0.184. The number of aromatic nitrogens is 2. The third-order valence-corrected chi connectivity index (χ3v) is 3.22. The lowest BCUT2D eigenvalue weighted by molar-refractivity contribution is 0.541. The van der Waals surface area contributed by atoms with Gasteiger partial charge in [-0.2, -0.15) is 8.75 Å². The topological polar surface area (TPSA) is 63.8 Å². The van der Waals surface area contributed by atoms with E-state index >= 15 is 0 Å². The van der Waals surface area contributed by atoms with Gasteiger partial charge in [0.25, 0.3) is 0 Å². The van der Waals surface area contributed by atoms with Crippen molar-refractivity contribution < 1.29 is 4.39 Å². The molecule has 0 amide bonds. The molecule has 2 rings (SSSR count). The van der Waals surface area contributed by atoms with Crippen LogP contribution in [0.5, 0.6) is 0 Å². The Morgan fingerprint density at radius 1 is 1.53 bits per heavy atom. The van der Waals surface area contributed by atoms with Crippen LogP contribution in [0.2, 0.25) is 5.02 Å². The van der Waals surface area contributed by atoms with Crippen molar-refractivity contribution in [1.82, 2.24) is 14.2 Å². The Bertz CT molecular complexity index is 491. The van der Waals surface area contributed by atoms with Gasteiger partial charge in [-0.05, 0) is 24.1 Å². The number of hydrazine groups is 1. The van der Waals surface area contributed by atoms with E-state index in [1.807, 2.05) is 0 Å². The molecule has 7 heteroatoms. The van der Waals surface area contributed by atoms with Gasteiger partial charge in [0.05, 0.1) is 29.7 Å². The number of hydrogen-bond donors (Lipinski definition) is 2. The third kappa shape index (κ3) is 2.98. The highest BCUT2D eigenvalue weighted by molar-refractivity contribution is 6.99. The third-order valence-electron chi connectivity index (χ3n) is 2.38. The first-order valence-corrected chi connectivity index (χ1v) is 5.99. The Labute approximate surface area is 107 Å². The van der Waals surface area contributed by atoms with Crippen LogP contribution in [-0.4, -0.2) is 8.75 Å². The number of nitrogens with zero attached hydrogens (tertiary/aromatic N) is 2. The van der Waals surface area contributed by atoms with Crippen molar-refractivity contribution >= 4 is 23.3 Å². The van der Waals surface area contributed by atoms with E-state index in [0.29, 0.717) is 11.4 Å². The van der Waals surface area contributed by atoms with Gasteiger partial charge in [-0.3, -0.25) is 11.3 Å². The molecule has 0 aliphatic carbocycles. The fraction of sp³-hybridized carbons (Fsp3) is 0.200. The number of benzene rings is 1. The molecule has 0 aliphatic rings. The Morgan fingerprint density at radius 3 is 2.94 bits per heavy atom. The van der Waals surface area contributed by atoms with Crippen LogP contribution in [0.1, 0.15) is 17.3 Å². The molecule has 2 aromatic rings. The van der Waals surface area contributed by atoms with Gasteiger partial charge in [0.2, 0.25) is 0 Å². The van der Waals surface area contributed by atoms with Crippen LogP contribution in [0.25, 0.3) is 0 Å². The molecular weight excluding hydrogens is 263 g/mol. The highest BCUT2D eigenvalue weighted by atomic mass is 35.5. The maximum Gasteiger partial charge on any atom is 0.124 e. The molecule has 1 atom stereocenters. The molecule has 3 N–H and O–H groups in total. The van der Waals surface area contributed by atoms with E-state index in [2.05, 4.69) is 14.2 Å². The lowest BCUT2D eigenvalue weighted by Gasteiger charge is -2.13. The molecule has 0 fully saturated rings. The summed E-state index contributed by atoms with van der Waals surface area (Å²) in [6.45, 7) is 0. The lowest BCUT2D eigenvalue weighted by Crippen LogP contribution is -2.29. The van der Waals surface area contributed by atoms with Crippen molar-refractivity contribution in [3.8, 4) is 0 Å². The molecule has 1 aromatic carbocycles. The number of nitrogens with two attached hydrogens (primary N) is 1. The van der Waals surface area contributed by atoms with E-state index < -0.39 is 0 Å². The zero-order valence-electron chi connectivity index (χ0n) is 8.73. The number of halogens is 2. The number of nitrogens with one attached hydrogen (secondary N) is 1. The Morgan fingerprint density at radius 2 is 2.35 bits per heavy atom. The normalized spacial score (nSPS) is 12.6. The molecule has 0 saturated heterocycles. The molecular formula is C10H10ClFN4S.